The van der Waals surface area contributed by atoms with Crippen molar-refractivity contribution in [1.82, 2.24) is 20.3 Å². The quantitative estimate of drug-likeness (QED) is 0.670. The Hall–Kier alpha value is -1.85. The lowest BCUT2D eigenvalue weighted by Crippen LogP contribution is -1.86. The maximum atomic E-state index is 5.55. The highest BCUT2D eigenvalue weighted by atomic mass is 16.5. The highest BCUT2D eigenvalue weighted by Crippen LogP contribution is 2.21. The molecule has 0 unspecified atom stereocenters. The van der Waals surface area contributed by atoms with Gasteiger partial charge in [0.1, 0.15) is 11.5 Å². The molecule has 2 aromatic rings. The maximum absolute atomic E-state index is 5.55. The van der Waals surface area contributed by atoms with E-state index in [1.165, 1.54) is 0 Å². The van der Waals surface area contributed by atoms with Gasteiger partial charge in [0.15, 0.2) is 5.82 Å². The van der Waals surface area contributed by atoms with E-state index in [9.17, 15) is 0 Å². The van der Waals surface area contributed by atoms with E-state index >= 15 is 0 Å². The number of nitrogens with one attached hydrogen (secondary N) is 1. The van der Waals surface area contributed by atoms with Crippen LogP contribution in [0.2, 0.25) is 0 Å². The average Bonchev–Trinajstić information content (AvgIpc) is 2.62. The minimum absolute atomic E-state index is 0.416. The van der Waals surface area contributed by atoms with Crippen LogP contribution in [-0.4, -0.2) is 20.3 Å². The summed E-state index contributed by atoms with van der Waals surface area (Å²) >= 11 is 0. The van der Waals surface area contributed by atoms with Gasteiger partial charge in [-0.05, 0) is 13.8 Å². The first-order valence-corrected chi connectivity index (χ1v) is 3.79. The molecule has 0 bridgehead atoms. The fourth-order valence-electron chi connectivity index (χ4n) is 1.02. The first-order valence-electron chi connectivity index (χ1n) is 3.79. The number of hydrogen-bond donors (Lipinski definition) is 2. The van der Waals surface area contributed by atoms with Gasteiger partial charge in [0.2, 0.25) is 0 Å². The van der Waals surface area contributed by atoms with E-state index in [4.69, 9.17) is 10.3 Å². The van der Waals surface area contributed by atoms with E-state index in [2.05, 4.69) is 20.3 Å². The summed E-state index contributed by atoms with van der Waals surface area (Å²) in [7, 11) is 0. The smallest absolute Gasteiger partial charge is 0.276 e. The Morgan fingerprint density at radius 3 is 2.62 bits per heavy atom. The number of aromatic nitrogens is 4. The van der Waals surface area contributed by atoms with E-state index in [0.29, 0.717) is 23.2 Å². The fourth-order valence-corrected chi connectivity index (χ4v) is 1.02. The van der Waals surface area contributed by atoms with Gasteiger partial charge in [0.25, 0.3) is 5.89 Å². The molecule has 6 nitrogen and oxygen atoms in total. The van der Waals surface area contributed by atoms with Gasteiger partial charge >= 0.3 is 0 Å². The van der Waals surface area contributed by atoms with Crippen molar-refractivity contribution in [2.45, 2.75) is 13.8 Å². The van der Waals surface area contributed by atoms with Crippen LogP contribution in [0.4, 0.5) is 5.82 Å². The number of rotatable bonds is 1. The topological polar surface area (TPSA) is 93.6 Å². The first-order chi connectivity index (χ1) is 6.18. The number of nitrogen functional groups attached to an aromatic ring is 1. The summed E-state index contributed by atoms with van der Waals surface area (Å²) in [6.07, 6.45) is 0. The van der Waals surface area contributed by atoms with Gasteiger partial charge in [-0.15, -0.1) is 0 Å². The number of nitrogens with two attached hydrogens (primary N) is 1. The lowest BCUT2D eigenvalue weighted by molar-refractivity contribution is 0.424. The van der Waals surface area contributed by atoms with Crippen molar-refractivity contribution in [2.24, 2.45) is 0 Å². The third-order valence-corrected chi connectivity index (χ3v) is 1.79. The molecule has 0 aliphatic heterocycles. The van der Waals surface area contributed by atoms with Gasteiger partial charge in [-0.3, -0.25) is 5.10 Å². The van der Waals surface area contributed by atoms with Gasteiger partial charge in [0.05, 0.1) is 0 Å². The second kappa shape index (κ2) is 2.58. The zero-order chi connectivity index (χ0) is 9.42. The van der Waals surface area contributed by atoms with Crippen LogP contribution in [0.3, 0.4) is 0 Å². The molecule has 2 rings (SSSR count). The molecule has 2 aromatic heterocycles. The number of aromatic amines is 1. The Morgan fingerprint density at radius 2 is 2.15 bits per heavy atom. The van der Waals surface area contributed by atoms with Gasteiger partial charge in [-0.25, -0.2) is 0 Å². The van der Waals surface area contributed by atoms with Crippen LogP contribution in [0.15, 0.2) is 4.52 Å². The van der Waals surface area contributed by atoms with Crippen molar-refractivity contribution >= 4 is 5.82 Å². The molecular weight excluding hydrogens is 170 g/mol. The van der Waals surface area contributed by atoms with Crippen LogP contribution in [0, 0.1) is 13.8 Å². The third-order valence-electron chi connectivity index (χ3n) is 1.79. The van der Waals surface area contributed by atoms with Crippen LogP contribution >= 0.6 is 0 Å². The summed E-state index contributed by atoms with van der Waals surface area (Å²) in [6, 6.07) is 0. The Balaban J connectivity index is 2.52. The predicted octanol–water partition coefficient (Wildman–Crippen LogP) is 0.659. The second-order valence-corrected chi connectivity index (χ2v) is 2.76. The fraction of sp³-hybridized carbons (Fsp3) is 0.286. The molecule has 0 radical (unpaired) electrons. The number of anilines is 1. The lowest BCUT2D eigenvalue weighted by atomic mass is 10.2. The molecule has 0 amide bonds. The van der Waals surface area contributed by atoms with Gasteiger partial charge < -0.3 is 10.3 Å². The standard InChI is InChI=1S/C7H9N5O/c1-3-5(10-11-6(3)8)7-9-4(2)12-13-7/h1-2H3,(H3,8,10,11). The SMILES string of the molecule is Cc1noc(-c2[nH]nc(N)c2C)n1. The van der Waals surface area contributed by atoms with E-state index in [-0.39, 0.29) is 0 Å². The normalized spacial score (nSPS) is 10.6. The van der Waals surface area contributed by atoms with E-state index in [1.54, 1.807) is 6.92 Å². The molecule has 0 saturated carbocycles. The Labute approximate surface area is 74.1 Å². The summed E-state index contributed by atoms with van der Waals surface area (Å²) in [5.74, 6) is 1.45. The molecular formula is C7H9N5O. The van der Waals surface area contributed by atoms with Crippen LogP contribution in [0.5, 0.6) is 0 Å². The van der Waals surface area contributed by atoms with Crippen LogP contribution in [-0.2, 0) is 0 Å². The zero-order valence-corrected chi connectivity index (χ0v) is 7.33. The monoisotopic (exact) mass is 179 g/mol. The largest absolute Gasteiger partial charge is 0.382 e. The molecule has 0 aliphatic rings. The Kier molecular flexibility index (Phi) is 1.54. The second-order valence-electron chi connectivity index (χ2n) is 2.76. The molecule has 13 heavy (non-hydrogen) atoms. The number of nitrogens with zero attached hydrogens (tertiary/aromatic N) is 3. The minimum Gasteiger partial charge on any atom is -0.382 e. The molecule has 2 heterocycles. The molecule has 6 heteroatoms. The predicted molar refractivity (Wildman–Crippen MR) is 45.8 cm³/mol. The Morgan fingerprint density at radius 1 is 1.38 bits per heavy atom. The molecule has 0 atom stereocenters. The van der Waals surface area contributed by atoms with Crippen molar-refractivity contribution in [2.75, 3.05) is 5.73 Å². The van der Waals surface area contributed by atoms with Gasteiger partial charge in [-0.1, -0.05) is 5.16 Å². The summed E-state index contributed by atoms with van der Waals surface area (Å²) < 4.78 is 4.96. The van der Waals surface area contributed by atoms with Gasteiger partial charge in [-0.2, -0.15) is 10.1 Å². The van der Waals surface area contributed by atoms with Crippen molar-refractivity contribution < 1.29 is 4.52 Å². The lowest BCUT2D eigenvalue weighted by Gasteiger charge is -1.89. The molecule has 3 N–H and O–H groups in total. The maximum Gasteiger partial charge on any atom is 0.276 e. The first kappa shape index (κ1) is 7.78. The van der Waals surface area contributed by atoms with Crippen molar-refractivity contribution in [1.29, 1.82) is 0 Å². The van der Waals surface area contributed by atoms with E-state index in [0.717, 1.165) is 5.56 Å². The summed E-state index contributed by atoms with van der Waals surface area (Å²) in [5.41, 5.74) is 7.05. The molecule has 68 valence electrons. The highest BCUT2D eigenvalue weighted by Gasteiger charge is 2.13. The van der Waals surface area contributed by atoms with Crippen molar-refractivity contribution in [3.63, 3.8) is 0 Å². The summed E-state index contributed by atoms with van der Waals surface area (Å²) in [6.45, 7) is 3.59. The highest BCUT2D eigenvalue weighted by molar-refractivity contribution is 5.59. The summed E-state index contributed by atoms with van der Waals surface area (Å²) in [4.78, 5) is 4.05. The summed E-state index contributed by atoms with van der Waals surface area (Å²) in [5, 5.41) is 10.2. The number of H-pyrrole nitrogens is 1. The molecule has 0 aliphatic carbocycles. The minimum atomic E-state index is 0.416. The van der Waals surface area contributed by atoms with Gasteiger partial charge in [0, 0.05) is 5.56 Å². The van der Waals surface area contributed by atoms with Crippen LogP contribution in [0.1, 0.15) is 11.4 Å². The zero-order valence-electron chi connectivity index (χ0n) is 7.33. The van der Waals surface area contributed by atoms with E-state index in [1.807, 2.05) is 6.92 Å². The van der Waals surface area contributed by atoms with Crippen molar-refractivity contribution in [3.05, 3.63) is 11.4 Å². The molecule has 0 fully saturated rings. The molecule has 0 spiro atoms. The molecule has 0 aromatic carbocycles. The van der Waals surface area contributed by atoms with Crippen molar-refractivity contribution in [3.8, 4) is 11.6 Å². The number of hydrogen-bond acceptors (Lipinski definition) is 5. The third kappa shape index (κ3) is 1.16. The Bertz CT molecular complexity index is 430. The van der Waals surface area contributed by atoms with E-state index < -0.39 is 0 Å². The molecule has 0 saturated heterocycles. The van der Waals surface area contributed by atoms with Crippen LogP contribution < -0.4 is 5.73 Å². The average molecular weight is 179 g/mol. The number of aryl methyl sites for hydroxylation is 1. The van der Waals surface area contributed by atoms with Crippen LogP contribution in [0.25, 0.3) is 11.6 Å².